The van der Waals surface area contributed by atoms with E-state index in [9.17, 15) is 40.5 Å². The molecule has 4 aliphatic carbocycles. The molecule has 3 heterocycles. The molecule has 7 N–H and O–H groups in total. The average molecular weight is 683 g/mol. The van der Waals surface area contributed by atoms with E-state index < -0.39 is 73.6 Å². The third-order valence-electron chi connectivity index (χ3n) is 14.2. The van der Waals surface area contributed by atoms with Gasteiger partial charge in [-0.3, -0.25) is 0 Å². The highest BCUT2D eigenvalue weighted by molar-refractivity contribution is 5.85. The van der Waals surface area contributed by atoms with Crippen LogP contribution in [0.4, 0.5) is 0 Å². The number of carbonyl (C=O) groups is 1. The van der Waals surface area contributed by atoms with Crippen molar-refractivity contribution in [3.8, 4) is 0 Å². The van der Waals surface area contributed by atoms with Gasteiger partial charge < -0.3 is 59.4 Å². The normalized spacial score (nSPS) is 55.3. The minimum atomic E-state index is -1.69. The fourth-order valence-corrected chi connectivity index (χ4v) is 11.3. The topological polar surface area (TPSA) is 205 Å². The van der Waals surface area contributed by atoms with Crippen molar-refractivity contribution < 1.29 is 64.2 Å². The number of hydrogen-bond donors (Lipinski definition) is 7. The van der Waals surface area contributed by atoms with E-state index in [-0.39, 0.29) is 34.7 Å². The molecule has 0 bridgehead atoms. The van der Waals surface area contributed by atoms with Gasteiger partial charge in [0.15, 0.2) is 12.6 Å². The number of aliphatic hydroxyl groups is 7. The van der Waals surface area contributed by atoms with Gasteiger partial charge in [-0.15, -0.1) is 0 Å². The first kappa shape index (κ1) is 35.2. The summed E-state index contributed by atoms with van der Waals surface area (Å²) in [6, 6.07) is 0. The number of aliphatic hydroxyl groups excluding tert-OH is 6. The Morgan fingerprint density at radius 2 is 1.60 bits per heavy atom. The van der Waals surface area contributed by atoms with Gasteiger partial charge in [-0.2, -0.15) is 0 Å². The molecule has 0 amide bonds. The molecule has 0 aromatic rings. The summed E-state index contributed by atoms with van der Waals surface area (Å²) in [4.78, 5) is 11.9. The lowest BCUT2D eigenvalue weighted by molar-refractivity contribution is -0.370. The van der Waals surface area contributed by atoms with E-state index in [4.69, 9.17) is 23.7 Å². The zero-order valence-corrected chi connectivity index (χ0v) is 28.1. The summed E-state index contributed by atoms with van der Waals surface area (Å²) in [5.74, 6) is 0.737. The van der Waals surface area contributed by atoms with E-state index in [1.807, 2.05) is 0 Å². The van der Waals surface area contributed by atoms with Crippen molar-refractivity contribution in [3.63, 3.8) is 0 Å². The van der Waals surface area contributed by atoms with Gasteiger partial charge in [0.2, 0.25) is 0 Å². The Morgan fingerprint density at radius 1 is 0.833 bits per heavy atom. The van der Waals surface area contributed by atoms with E-state index >= 15 is 0 Å². The Morgan fingerprint density at radius 3 is 2.31 bits per heavy atom. The Bertz CT molecular complexity index is 1240. The van der Waals surface area contributed by atoms with E-state index in [1.54, 1.807) is 13.0 Å². The number of cyclic esters (lactones) is 1. The van der Waals surface area contributed by atoms with Crippen molar-refractivity contribution >= 4 is 5.97 Å². The summed E-state index contributed by atoms with van der Waals surface area (Å²) in [6.07, 6.45) is -4.50. The van der Waals surface area contributed by atoms with E-state index in [1.165, 1.54) is 0 Å². The molecular weight excluding hydrogens is 628 g/mol. The number of hydrogen-bond acceptors (Lipinski definition) is 13. The molecule has 0 aromatic heterocycles. The molecule has 7 aliphatic rings. The van der Waals surface area contributed by atoms with Crippen LogP contribution in [0.2, 0.25) is 0 Å². The summed E-state index contributed by atoms with van der Waals surface area (Å²) in [7, 11) is 0. The molecule has 6 fully saturated rings. The average Bonchev–Trinajstić information content (AvgIpc) is 3.61. The molecule has 3 aliphatic heterocycles. The maximum absolute atomic E-state index is 12.5. The first-order valence-electron chi connectivity index (χ1n) is 17.9. The van der Waals surface area contributed by atoms with E-state index in [2.05, 4.69) is 13.8 Å². The van der Waals surface area contributed by atoms with Gasteiger partial charge in [-0.1, -0.05) is 13.8 Å². The van der Waals surface area contributed by atoms with E-state index in [0.29, 0.717) is 18.4 Å². The SMILES string of the molecule is C[C@H]1O[C@@H](O[C@H]2CC[C@@]3(C)C(CC[C@@H]4[C@@H]3CC[C@]3(C)[C@@H](C5=CC(=O)OC5)CC[C@]43O)C2)[C@H](O[C@@H]2O[C@H](CO)[C@@H](O)[C@H](O)[C@H]2O)[C@@H](O)[C@H]1O. The lowest BCUT2D eigenvalue weighted by Gasteiger charge is -2.64. The van der Waals surface area contributed by atoms with Crippen LogP contribution >= 0.6 is 0 Å². The van der Waals surface area contributed by atoms with Crippen molar-refractivity contribution in [2.45, 2.75) is 152 Å². The second-order valence-electron chi connectivity index (χ2n) is 16.3. The maximum atomic E-state index is 12.5. The molecule has 18 atom stereocenters. The quantitative estimate of drug-likeness (QED) is 0.149. The van der Waals surface area contributed by atoms with Crippen molar-refractivity contribution in [2.75, 3.05) is 13.2 Å². The molecule has 4 saturated carbocycles. The van der Waals surface area contributed by atoms with Crippen molar-refractivity contribution in [2.24, 2.45) is 34.5 Å². The number of rotatable bonds is 6. The highest BCUT2D eigenvalue weighted by Crippen LogP contribution is 2.70. The predicted octanol–water partition coefficient (Wildman–Crippen LogP) is 0.280. The van der Waals surface area contributed by atoms with Crippen LogP contribution in [0.25, 0.3) is 0 Å². The van der Waals surface area contributed by atoms with Crippen LogP contribution in [0.5, 0.6) is 0 Å². The minimum Gasteiger partial charge on any atom is -0.458 e. The second-order valence-corrected chi connectivity index (χ2v) is 16.3. The second kappa shape index (κ2) is 12.8. The molecule has 0 radical (unpaired) electrons. The molecule has 7 rings (SSSR count). The summed E-state index contributed by atoms with van der Waals surface area (Å²) in [5, 5.41) is 74.9. The molecule has 272 valence electrons. The lowest BCUT2D eigenvalue weighted by Crippen LogP contribution is -2.64. The minimum absolute atomic E-state index is 0.00623. The number of ether oxygens (including phenoxy) is 5. The summed E-state index contributed by atoms with van der Waals surface area (Å²) in [5.41, 5.74) is -0.0628. The van der Waals surface area contributed by atoms with Crippen molar-refractivity contribution in [1.82, 2.24) is 0 Å². The van der Waals surface area contributed by atoms with Gasteiger partial charge in [-0.05, 0) is 99.4 Å². The number of fused-ring (bicyclic) bond motifs is 5. The summed E-state index contributed by atoms with van der Waals surface area (Å²) < 4.78 is 29.2. The highest BCUT2D eigenvalue weighted by atomic mass is 16.8. The number of carbonyl (C=O) groups excluding carboxylic acids is 1. The van der Waals surface area contributed by atoms with Gasteiger partial charge >= 0.3 is 5.97 Å². The van der Waals surface area contributed by atoms with Gasteiger partial charge in [0.25, 0.3) is 0 Å². The first-order valence-corrected chi connectivity index (χ1v) is 17.9. The Kier molecular flexibility index (Phi) is 9.36. The molecule has 0 spiro atoms. The van der Waals surface area contributed by atoms with Crippen LogP contribution in [0.15, 0.2) is 11.6 Å². The molecule has 0 aromatic carbocycles. The van der Waals surface area contributed by atoms with Crippen LogP contribution in [-0.4, -0.2) is 128 Å². The Hall–Kier alpha value is -1.23. The monoisotopic (exact) mass is 682 g/mol. The van der Waals surface area contributed by atoms with Crippen LogP contribution in [0.3, 0.4) is 0 Å². The Labute approximate surface area is 281 Å². The molecule has 13 nitrogen and oxygen atoms in total. The van der Waals surface area contributed by atoms with Gasteiger partial charge in [0.05, 0.1) is 24.4 Å². The summed E-state index contributed by atoms with van der Waals surface area (Å²) >= 11 is 0. The Balaban J connectivity index is 1.04. The lowest BCUT2D eigenvalue weighted by atomic mass is 9.43. The summed E-state index contributed by atoms with van der Waals surface area (Å²) in [6.45, 7) is 5.92. The smallest absolute Gasteiger partial charge is 0.331 e. The van der Waals surface area contributed by atoms with Crippen molar-refractivity contribution in [1.29, 1.82) is 0 Å². The predicted molar refractivity (Wildman–Crippen MR) is 166 cm³/mol. The maximum Gasteiger partial charge on any atom is 0.331 e. The van der Waals surface area contributed by atoms with Crippen LogP contribution in [0, 0.1) is 34.5 Å². The third-order valence-corrected chi connectivity index (χ3v) is 14.2. The third kappa shape index (κ3) is 5.42. The van der Waals surface area contributed by atoms with Crippen molar-refractivity contribution in [3.05, 3.63) is 11.6 Å². The largest absolute Gasteiger partial charge is 0.458 e. The zero-order valence-electron chi connectivity index (χ0n) is 28.1. The van der Waals surface area contributed by atoms with Crippen LogP contribution in [0.1, 0.15) is 78.6 Å². The molecule has 2 saturated heterocycles. The highest BCUT2D eigenvalue weighted by Gasteiger charge is 2.68. The molecular formula is C35H54O13. The zero-order chi connectivity index (χ0) is 34.3. The fourth-order valence-electron chi connectivity index (χ4n) is 11.3. The van der Waals surface area contributed by atoms with Crippen LogP contribution in [-0.2, 0) is 28.5 Å². The molecule has 13 heteroatoms. The molecule has 48 heavy (non-hydrogen) atoms. The fraction of sp³-hybridized carbons (Fsp3) is 0.914. The van der Waals surface area contributed by atoms with E-state index in [0.717, 1.165) is 63.4 Å². The van der Waals surface area contributed by atoms with Gasteiger partial charge in [-0.25, -0.2) is 4.79 Å². The van der Waals surface area contributed by atoms with Gasteiger partial charge in [0.1, 0.15) is 49.3 Å². The number of esters is 1. The standard InChI is InChI=1S/C35H54O13/c1-16-25(38)28(41)30(48-31-29(42)27(40)26(39)23(14-36)47-31)32(45-16)46-19-6-9-33(2)18(13-19)4-5-22-21(33)7-10-34(3)20(8-11-35(22,34)43)17-12-24(37)44-15-17/h12,16,18-23,25-32,36,38-43H,4-11,13-15H2,1-3H3/t16-,18?,19+,20-,21+,22-,23-,25+,26-,27+,28+,29-,30-,31+,32+,33+,34-,35+/m1/s1. The molecule has 1 unspecified atom stereocenters. The first-order chi connectivity index (χ1) is 22.7. The van der Waals surface area contributed by atoms with Crippen LogP contribution < -0.4 is 0 Å². The van der Waals surface area contributed by atoms with Gasteiger partial charge in [0, 0.05) is 11.5 Å².